The Kier molecular flexibility index (Phi) is 5.80. The molecule has 8 heteroatoms. The Morgan fingerprint density at radius 1 is 1.19 bits per heavy atom. The smallest absolute Gasteiger partial charge is 0.227 e. The molecule has 0 aliphatic heterocycles. The van der Waals surface area contributed by atoms with E-state index in [0.717, 1.165) is 5.69 Å². The molecule has 134 valence electrons. The number of nitrogens with zero attached hydrogens (tertiary/aromatic N) is 3. The van der Waals surface area contributed by atoms with Crippen molar-refractivity contribution in [1.82, 2.24) is 14.8 Å². The summed E-state index contributed by atoms with van der Waals surface area (Å²) in [5, 5.41) is 9.56. The van der Waals surface area contributed by atoms with Crippen LogP contribution in [0.15, 0.2) is 59.8 Å². The standard InChI is InChI=1S/C18H17ClN4O2S/c1-12(25-15-10-6-5-9-14(15)19)17-21-22-18(26-11-16(20)24)23(17)13-7-3-2-4-8-13/h2-10,12H,11H2,1H3,(H2,20,24). The molecule has 1 unspecified atom stereocenters. The number of nitrogens with two attached hydrogens (primary N) is 1. The molecule has 2 N–H and O–H groups in total. The zero-order valence-electron chi connectivity index (χ0n) is 14.0. The third-order valence-corrected chi connectivity index (χ3v) is 4.78. The molecular formula is C18H17ClN4O2S. The van der Waals surface area contributed by atoms with Crippen LogP contribution in [0.1, 0.15) is 18.9 Å². The fourth-order valence-corrected chi connectivity index (χ4v) is 3.26. The molecule has 26 heavy (non-hydrogen) atoms. The van der Waals surface area contributed by atoms with Gasteiger partial charge in [0.1, 0.15) is 5.75 Å². The minimum atomic E-state index is -0.417. The Balaban J connectivity index is 1.95. The van der Waals surface area contributed by atoms with Gasteiger partial charge in [-0.05, 0) is 31.2 Å². The number of thioether (sulfide) groups is 1. The average Bonchev–Trinajstić information content (AvgIpc) is 3.06. The highest BCUT2D eigenvalue weighted by Gasteiger charge is 2.21. The van der Waals surface area contributed by atoms with Gasteiger partial charge >= 0.3 is 0 Å². The average molecular weight is 389 g/mol. The van der Waals surface area contributed by atoms with Crippen molar-refractivity contribution in [1.29, 1.82) is 0 Å². The van der Waals surface area contributed by atoms with Crippen molar-refractivity contribution < 1.29 is 9.53 Å². The number of para-hydroxylation sites is 2. The van der Waals surface area contributed by atoms with Crippen molar-refractivity contribution in [3.63, 3.8) is 0 Å². The fraction of sp³-hybridized carbons (Fsp3) is 0.167. The van der Waals surface area contributed by atoms with Gasteiger partial charge in [-0.25, -0.2) is 0 Å². The maximum absolute atomic E-state index is 11.1. The monoisotopic (exact) mass is 388 g/mol. The van der Waals surface area contributed by atoms with Gasteiger partial charge in [0.2, 0.25) is 5.91 Å². The van der Waals surface area contributed by atoms with Gasteiger partial charge in [0.25, 0.3) is 0 Å². The lowest BCUT2D eigenvalue weighted by Crippen LogP contribution is -2.14. The first-order valence-electron chi connectivity index (χ1n) is 7.89. The molecule has 3 aromatic rings. The molecule has 0 fully saturated rings. The van der Waals surface area contributed by atoms with E-state index in [9.17, 15) is 4.79 Å². The number of amides is 1. The molecule has 1 heterocycles. The topological polar surface area (TPSA) is 83.0 Å². The van der Waals surface area contributed by atoms with Crippen molar-refractivity contribution in [3.05, 3.63) is 65.4 Å². The maximum atomic E-state index is 11.1. The Labute approximate surface area is 160 Å². The molecule has 0 spiro atoms. The van der Waals surface area contributed by atoms with Gasteiger partial charge in [-0.2, -0.15) is 0 Å². The van der Waals surface area contributed by atoms with Crippen molar-refractivity contribution in [2.45, 2.75) is 18.2 Å². The summed E-state index contributed by atoms with van der Waals surface area (Å²) in [6.07, 6.45) is -0.412. The van der Waals surface area contributed by atoms with Crippen molar-refractivity contribution in [2.24, 2.45) is 5.73 Å². The van der Waals surface area contributed by atoms with Crippen LogP contribution in [0, 0.1) is 0 Å². The van der Waals surface area contributed by atoms with Gasteiger partial charge in [0.05, 0.1) is 10.8 Å². The molecule has 0 saturated carbocycles. The van der Waals surface area contributed by atoms with Gasteiger partial charge in [-0.15, -0.1) is 10.2 Å². The number of carbonyl (C=O) groups excluding carboxylic acids is 1. The summed E-state index contributed by atoms with van der Waals surface area (Å²) in [5.41, 5.74) is 6.13. The number of hydrogen-bond donors (Lipinski definition) is 1. The largest absolute Gasteiger partial charge is 0.481 e. The van der Waals surface area contributed by atoms with E-state index in [0.29, 0.717) is 21.8 Å². The first-order valence-corrected chi connectivity index (χ1v) is 9.25. The van der Waals surface area contributed by atoms with Crippen LogP contribution in [0.2, 0.25) is 5.02 Å². The molecule has 2 aromatic carbocycles. The normalized spacial score (nSPS) is 11.9. The number of primary amides is 1. The van der Waals surface area contributed by atoms with E-state index < -0.39 is 12.0 Å². The Morgan fingerprint density at radius 2 is 1.88 bits per heavy atom. The molecule has 0 aliphatic rings. The number of rotatable bonds is 7. The summed E-state index contributed by atoms with van der Waals surface area (Å²) < 4.78 is 7.83. The molecule has 1 atom stereocenters. The van der Waals surface area contributed by atoms with Crippen molar-refractivity contribution in [3.8, 4) is 11.4 Å². The molecule has 1 aromatic heterocycles. The number of aromatic nitrogens is 3. The van der Waals surface area contributed by atoms with Crippen LogP contribution in [-0.2, 0) is 4.79 Å². The van der Waals surface area contributed by atoms with E-state index in [1.54, 1.807) is 12.1 Å². The zero-order valence-corrected chi connectivity index (χ0v) is 15.6. The molecular weight excluding hydrogens is 372 g/mol. The third kappa shape index (κ3) is 4.17. The molecule has 6 nitrogen and oxygen atoms in total. The van der Waals surface area contributed by atoms with E-state index >= 15 is 0 Å². The minimum absolute atomic E-state index is 0.116. The maximum Gasteiger partial charge on any atom is 0.227 e. The van der Waals surface area contributed by atoms with Crippen LogP contribution in [-0.4, -0.2) is 26.4 Å². The second kappa shape index (κ2) is 8.25. The summed E-state index contributed by atoms with van der Waals surface area (Å²) in [6.45, 7) is 1.87. The van der Waals surface area contributed by atoms with E-state index in [-0.39, 0.29) is 5.75 Å². The SMILES string of the molecule is CC(Oc1ccccc1Cl)c1nnc(SCC(N)=O)n1-c1ccccc1. The number of ether oxygens (including phenoxy) is 1. The first kappa shape index (κ1) is 18.3. The Morgan fingerprint density at radius 3 is 2.58 bits per heavy atom. The lowest BCUT2D eigenvalue weighted by molar-refractivity contribution is -0.115. The third-order valence-electron chi connectivity index (χ3n) is 3.52. The second-order valence-corrected chi connectivity index (χ2v) is 6.81. The molecule has 3 rings (SSSR count). The van der Waals surface area contributed by atoms with Crippen molar-refractivity contribution >= 4 is 29.3 Å². The Hall–Kier alpha value is -2.51. The highest BCUT2D eigenvalue weighted by Crippen LogP contribution is 2.30. The quantitative estimate of drug-likeness (QED) is 0.625. The number of carbonyl (C=O) groups is 1. The number of hydrogen-bond acceptors (Lipinski definition) is 5. The molecule has 0 radical (unpaired) electrons. The van der Waals surface area contributed by atoms with E-state index in [2.05, 4.69) is 10.2 Å². The van der Waals surface area contributed by atoms with E-state index in [1.807, 2.05) is 54.0 Å². The lowest BCUT2D eigenvalue weighted by Gasteiger charge is -2.17. The molecule has 0 aliphatic carbocycles. The van der Waals surface area contributed by atoms with Crippen LogP contribution in [0.5, 0.6) is 5.75 Å². The summed E-state index contributed by atoms with van der Waals surface area (Å²) in [4.78, 5) is 11.1. The van der Waals surface area contributed by atoms with Crippen LogP contribution in [0.3, 0.4) is 0 Å². The molecule has 1 amide bonds. The predicted octanol–water partition coefficient (Wildman–Crippen LogP) is 3.64. The van der Waals surface area contributed by atoms with Gasteiger partial charge in [-0.1, -0.05) is 53.7 Å². The lowest BCUT2D eigenvalue weighted by atomic mass is 10.3. The fourth-order valence-electron chi connectivity index (χ4n) is 2.38. The molecule has 0 saturated heterocycles. The van der Waals surface area contributed by atoms with Gasteiger partial charge in [-0.3, -0.25) is 9.36 Å². The van der Waals surface area contributed by atoms with Crippen LogP contribution in [0.4, 0.5) is 0 Å². The summed E-state index contributed by atoms with van der Waals surface area (Å²) in [6, 6.07) is 16.9. The van der Waals surface area contributed by atoms with Crippen LogP contribution in [0.25, 0.3) is 5.69 Å². The number of halogens is 1. The molecule has 0 bridgehead atoms. The van der Waals surface area contributed by atoms with Gasteiger partial charge < -0.3 is 10.5 Å². The van der Waals surface area contributed by atoms with Crippen LogP contribution < -0.4 is 10.5 Å². The summed E-state index contributed by atoms with van der Waals surface area (Å²) in [5.74, 6) is 0.864. The van der Waals surface area contributed by atoms with Crippen molar-refractivity contribution in [2.75, 3.05) is 5.75 Å². The summed E-state index contributed by atoms with van der Waals surface area (Å²) >= 11 is 7.41. The van der Waals surface area contributed by atoms with Crippen LogP contribution >= 0.6 is 23.4 Å². The van der Waals surface area contributed by atoms with E-state index in [1.165, 1.54) is 11.8 Å². The highest BCUT2D eigenvalue weighted by atomic mass is 35.5. The summed E-state index contributed by atoms with van der Waals surface area (Å²) in [7, 11) is 0. The second-order valence-electron chi connectivity index (χ2n) is 5.46. The van der Waals surface area contributed by atoms with Gasteiger partial charge in [0.15, 0.2) is 17.1 Å². The highest BCUT2D eigenvalue weighted by molar-refractivity contribution is 7.99. The number of benzene rings is 2. The minimum Gasteiger partial charge on any atom is -0.481 e. The van der Waals surface area contributed by atoms with Gasteiger partial charge in [0, 0.05) is 5.69 Å². The predicted molar refractivity (Wildman–Crippen MR) is 102 cm³/mol. The van der Waals surface area contributed by atoms with E-state index in [4.69, 9.17) is 22.1 Å². The Bertz CT molecular complexity index is 901. The first-order chi connectivity index (χ1) is 12.6. The zero-order chi connectivity index (χ0) is 18.5.